The molecule has 5 nitrogen and oxygen atoms in total. The van der Waals surface area contributed by atoms with Gasteiger partial charge in [0.25, 0.3) is 0 Å². The molecule has 17 heavy (non-hydrogen) atoms. The van der Waals surface area contributed by atoms with Gasteiger partial charge in [-0.3, -0.25) is 4.79 Å². The standard InChI is InChI=1S/C12H20N4O/c1-9(12(17)16-5-3-4-6-16)13-7-11-8-14-10(2)15-11/h8-9,13H,3-7H2,1-2H3,(H,14,15). The lowest BCUT2D eigenvalue weighted by Gasteiger charge is -2.20. The highest BCUT2D eigenvalue weighted by molar-refractivity contribution is 5.81. The highest BCUT2D eigenvalue weighted by Gasteiger charge is 2.22. The first kappa shape index (κ1) is 12.1. The van der Waals surface area contributed by atoms with Crippen molar-refractivity contribution in [2.75, 3.05) is 13.1 Å². The molecule has 1 saturated heterocycles. The number of imidazole rings is 1. The minimum Gasteiger partial charge on any atom is -0.345 e. The van der Waals surface area contributed by atoms with Gasteiger partial charge in [0.05, 0.1) is 6.04 Å². The van der Waals surface area contributed by atoms with Crippen molar-refractivity contribution in [1.82, 2.24) is 20.2 Å². The second kappa shape index (κ2) is 5.31. The number of nitrogens with one attached hydrogen (secondary N) is 2. The third-order valence-electron chi connectivity index (χ3n) is 3.14. The number of aromatic nitrogens is 2. The Morgan fingerprint density at radius 3 is 2.88 bits per heavy atom. The number of amides is 1. The van der Waals surface area contributed by atoms with E-state index in [0.717, 1.165) is 37.4 Å². The van der Waals surface area contributed by atoms with Crippen LogP contribution in [-0.2, 0) is 11.3 Å². The molecule has 1 unspecified atom stereocenters. The molecule has 1 aliphatic rings. The van der Waals surface area contributed by atoms with E-state index in [0.29, 0.717) is 6.54 Å². The average Bonchev–Trinajstić information content (AvgIpc) is 2.95. The number of carbonyl (C=O) groups excluding carboxylic acids is 1. The molecule has 0 radical (unpaired) electrons. The van der Waals surface area contributed by atoms with Crippen molar-refractivity contribution in [3.8, 4) is 0 Å². The zero-order valence-electron chi connectivity index (χ0n) is 10.5. The Bertz CT molecular complexity index is 382. The minimum absolute atomic E-state index is 0.128. The fourth-order valence-corrected chi connectivity index (χ4v) is 2.12. The topological polar surface area (TPSA) is 61.0 Å². The van der Waals surface area contributed by atoms with Gasteiger partial charge in [0.15, 0.2) is 0 Å². The molecule has 0 bridgehead atoms. The fraction of sp³-hybridized carbons (Fsp3) is 0.667. The van der Waals surface area contributed by atoms with Crippen LogP contribution in [0, 0.1) is 6.92 Å². The lowest BCUT2D eigenvalue weighted by atomic mass is 10.3. The summed E-state index contributed by atoms with van der Waals surface area (Å²) >= 11 is 0. The maximum atomic E-state index is 12.0. The first-order chi connectivity index (χ1) is 8.16. The Balaban J connectivity index is 1.80. The normalized spacial score (nSPS) is 17.4. The van der Waals surface area contributed by atoms with Crippen molar-refractivity contribution >= 4 is 5.91 Å². The largest absolute Gasteiger partial charge is 0.345 e. The third-order valence-corrected chi connectivity index (χ3v) is 3.14. The molecular weight excluding hydrogens is 216 g/mol. The predicted molar refractivity (Wildman–Crippen MR) is 65.4 cm³/mol. The van der Waals surface area contributed by atoms with Crippen LogP contribution in [0.15, 0.2) is 6.20 Å². The van der Waals surface area contributed by atoms with Gasteiger partial charge in [-0.1, -0.05) is 0 Å². The lowest BCUT2D eigenvalue weighted by Crippen LogP contribution is -2.43. The van der Waals surface area contributed by atoms with Gasteiger partial charge in [0.1, 0.15) is 5.82 Å². The summed E-state index contributed by atoms with van der Waals surface area (Å²) < 4.78 is 0. The molecule has 2 rings (SSSR count). The van der Waals surface area contributed by atoms with Crippen LogP contribution in [0.4, 0.5) is 0 Å². The van der Waals surface area contributed by atoms with E-state index in [-0.39, 0.29) is 11.9 Å². The molecule has 1 amide bonds. The molecule has 0 saturated carbocycles. The van der Waals surface area contributed by atoms with E-state index in [1.54, 1.807) is 6.20 Å². The monoisotopic (exact) mass is 236 g/mol. The number of likely N-dealkylation sites (tertiary alicyclic amines) is 1. The molecule has 0 spiro atoms. The first-order valence-corrected chi connectivity index (χ1v) is 6.19. The van der Waals surface area contributed by atoms with Crippen LogP contribution in [0.25, 0.3) is 0 Å². The average molecular weight is 236 g/mol. The summed E-state index contributed by atoms with van der Waals surface area (Å²) in [4.78, 5) is 21.2. The molecule has 2 heterocycles. The van der Waals surface area contributed by atoms with Gasteiger partial charge >= 0.3 is 0 Å². The highest BCUT2D eigenvalue weighted by Crippen LogP contribution is 2.09. The van der Waals surface area contributed by atoms with Gasteiger partial charge in [0.2, 0.25) is 5.91 Å². The molecule has 1 aliphatic heterocycles. The first-order valence-electron chi connectivity index (χ1n) is 6.19. The lowest BCUT2D eigenvalue weighted by molar-refractivity contribution is -0.131. The number of rotatable bonds is 4. The number of hydrogen-bond acceptors (Lipinski definition) is 3. The second-order valence-electron chi connectivity index (χ2n) is 4.63. The molecule has 2 N–H and O–H groups in total. The van der Waals surface area contributed by atoms with Crippen LogP contribution >= 0.6 is 0 Å². The maximum absolute atomic E-state index is 12.0. The van der Waals surface area contributed by atoms with Gasteiger partial charge in [-0.2, -0.15) is 0 Å². The summed E-state index contributed by atoms with van der Waals surface area (Å²) in [7, 11) is 0. The predicted octanol–water partition coefficient (Wildman–Crippen LogP) is 0.819. The van der Waals surface area contributed by atoms with E-state index < -0.39 is 0 Å². The van der Waals surface area contributed by atoms with Crippen molar-refractivity contribution in [3.05, 3.63) is 17.7 Å². The molecule has 94 valence electrons. The zero-order valence-corrected chi connectivity index (χ0v) is 10.5. The van der Waals surface area contributed by atoms with Crippen molar-refractivity contribution in [2.45, 2.75) is 39.3 Å². The Kier molecular flexibility index (Phi) is 3.78. The summed E-state index contributed by atoms with van der Waals surface area (Å²) in [6, 6.07) is -0.128. The molecule has 1 aromatic heterocycles. The summed E-state index contributed by atoms with van der Waals surface area (Å²) in [5.41, 5.74) is 1.02. The van der Waals surface area contributed by atoms with E-state index in [4.69, 9.17) is 0 Å². The van der Waals surface area contributed by atoms with E-state index in [9.17, 15) is 4.79 Å². The fourth-order valence-electron chi connectivity index (χ4n) is 2.12. The molecule has 0 aliphatic carbocycles. The van der Waals surface area contributed by atoms with Gasteiger partial charge in [0, 0.05) is 31.5 Å². The van der Waals surface area contributed by atoms with Gasteiger partial charge in [-0.25, -0.2) is 4.98 Å². The third kappa shape index (κ3) is 3.06. The highest BCUT2D eigenvalue weighted by atomic mass is 16.2. The number of H-pyrrole nitrogens is 1. The van der Waals surface area contributed by atoms with Crippen molar-refractivity contribution in [3.63, 3.8) is 0 Å². The van der Waals surface area contributed by atoms with Crippen molar-refractivity contribution in [1.29, 1.82) is 0 Å². The smallest absolute Gasteiger partial charge is 0.239 e. The molecule has 1 aromatic rings. The number of hydrogen-bond donors (Lipinski definition) is 2. The van der Waals surface area contributed by atoms with Crippen molar-refractivity contribution in [2.24, 2.45) is 0 Å². The van der Waals surface area contributed by atoms with Crippen LogP contribution in [-0.4, -0.2) is 39.9 Å². The quantitative estimate of drug-likeness (QED) is 0.813. The van der Waals surface area contributed by atoms with E-state index in [1.165, 1.54) is 0 Å². The zero-order chi connectivity index (χ0) is 12.3. The molecule has 1 atom stereocenters. The van der Waals surface area contributed by atoms with E-state index in [2.05, 4.69) is 15.3 Å². The number of aromatic amines is 1. The Morgan fingerprint density at radius 2 is 2.29 bits per heavy atom. The second-order valence-corrected chi connectivity index (χ2v) is 4.63. The van der Waals surface area contributed by atoms with Crippen LogP contribution in [0.1, 0.15) is 31.3 Å². The van der Waals surface area contributed by atoms with Gasteiger partial charge in [-0.05, 0) is 26.7 Å². The van der Waals surface area contributed by atoms with Crippen LogP contribution in [0.3, 0.4) is 0 Å². The number of carbonyl (C=O) groups is 1. The van der Waals surface area contributed by atoms with Crippen LogP contribution in [0.5, 0.6) is 0 Å². The minimum atomic E-state index is -0.128. The van der Waals surface area contributed by atoms with Crippen LogP contribution < -0.4 is 5.32 Å². The van der Waals surface area contributed by atoms with E-state index >= 15 is 0 Å². The van der Waals surface area contributed by atoms with Crippen molar-refractivity contribution < 1.29 is 4.79 Å². The summed E-state index contributed by atoms with van der Waals surface area (Å²) in [6.45, 7) is 6.32. The SMILES string of the molecule is Cc1ncc(CNC(C)C(=O)N2CCCC2)[nH]1. The Hall–Kier alpha value is -1.36. The Morgan fingerprint density at radius 1 is 1.59 bits per heavy atom. The van der Waals surface area contributed by atoms with Gasteiger partial charge in [-0.15, -0.1) is 0 Å². The molecule has 1 fully saturated rings. The summed E-state index contributed by atoms with van der Waals surface area (Å²) in [5, 5.41) is 3.23. The summed E-state index contributed by atoms with van der Waals surface area (Å²) in [6.07, 6.45) is 4.08. The van der Waals surface area contributed by atoms with Crippen LogP contribution in [0.2, 0.25) is 0 Å². The maximum Gasteiger partial charge on any atom is 0.239 e. The van der Waals surface area contributed by atoms with E-state index in [1.807, 2.05) is 18.7 Å². The molecule has 5 heteroatoms. The summed E-state index contributed by atoms with van der Waals surface area (Å²) in [5.74, 6) is 1.11. The molecule has 0 aromatic carbocycles. The number of aryl methyl sites for hydroxylation is 1. The Labute approximate surface area is 102 Å². The molecular formula is C12H20N4O. The van der Waals surface area contributed by atoms with Gasteiger partial charge < -0.3 is 15.2 Å². The number of nitrogens with zero attached hydrogens (tertiary/aromatic N) is 2.